The zero-order chi connectivity index (χ0) is 9.26. The average Bonchev–Trinajstić information content (AvgIpc) is 2.91. The van der Waals surface area contributed by atoms with Crippen molar-refractivity contribution in [1.29, 1.82) is 0 Å². The molecule has 1 aliphatic carbocycles. The number of aryl methyl sites for hydroxylation is 1. The first kappa shape index (κ1) is 9.24. The molecule has 0 aliphatic heterocycles. The summed E-state index contributed by atoms with van der Waals surface area (Å²) in [5, 5.41) is 0. The van der Waals surface area contributed by atoms with Crippen molar-refractivity contribution >= 4 is 28.4 Å². The molecule has 0 aromatic heterocycles. The minimum absolute atomic E-state index is 0.448. The number of rotatable bonds is 3. The molecule has 1 aliphatic rings. The van der Waals surface area contributed by atoms with Gasteiger partial charge in [-0.15, -0.1) is 0 Å². The van der Waals surface area contributed by atoms with Crippen LogP contribution < -0.4 is 3.61 Å². The molecule has 2 rings (SSSR count). The molecule has 1 saturated carbocycles. The van der Waals surface area contributed by atoms with Crippen molar-refractivity contribution in [1.82, 2.24) is 0 Å². The average molecular weight is 288 g/mol. The molecule has 0 N–H and O–H groups in total. The first-order chi connectivity index (χ1) is 6.25. The van der Waals surface area contributed by atoms with E-state index in [4.69, 9.17) is 0 Å². The second-order valence-corrected chi connectivity index (χ2v) is 6.58. The van der Waals surface area contributed by atoms with Gasteiger partial charge in [-0.25, -0.2) is 0 Å². The summed E-state index contributed by atoms with van der Waals surface area (Å²) in [5.41, 5.74) is 1.27. The fraction of sp³-hybridized carbons (Fsp3) is 0.364. The van der Waals surface area contributed by atoms with Gasteiger partial charge in [-0.05, 0) is 0 Å². The Morgan fingerprint density at radius 2 is 1.92 bits per heavy atom. The van der Waals surface area contributed by atoms with Crippen LogP contribution in [0.25, 0.3) is 0 Å². The van der Waals surface area contributed by atoms with E-state index in [9.17, 15) is 4.79 Å². The maximum absolute atomic E-state index is 11.5. The molecule has 1 nitrogen and oxygen atoms in total. The second-order valence-electron chi connectivity index (χ2n) is 3.51. The molecule has 0 bridgehead atoms. The summed E-state index contributed by atoms with van der Waals surface area (Å²) >= 11 is -0.546. The van der Waals surface area contributed by atoms with E-state index in [2.05, 4.69) is 31.2 Å². The van der Waals surface area contributed by atoms with E-state index in [0.29, 0.717) is 9.75 Å². The Morgan fingerprint density at radius 1 is 1.31 bits per heavy atom. The molecule has 1 aromatic rings. The predicted octanol–water partition coefficient (Wildman–Crippen LogP) is 1.26. The summed E-state index contributed by atoms with van der Waals surface area (Å²) in [6.07, 6.45) is 2.30. The summed E-state index contributed by atoms with van der Waals surface area (Å²) in [6, 6.07) is 8.41. The molecule has 0 spiro atoms. The molecule has 13 heavy (non-hydrogen) atoms. The van der Waals surface area contributed by atoms with Crippen molar-refractivity contribution in [3.63, 3.8) is 0 Å². The van der Waals surface area contributed by atoms with Gasteiger partial charge in [0.1, 0.15) is 0 Å². The molecule has 2 heteroatoms. The van der Waals surface area contributed by atoms with Gasteiger partial charge in [-0.2, -0.15) is 0 Å². The third kappa shape index (κ3) is 2.56. The molecule has 0 saturated heterocycles. The summed E-state index contributed by atoms with van der Waals surface area (Å²) in [6.45, 7) is 2.08. The predicted molar refractivity (Wildman–Crippen MR) is 54.3 cm³/mol. The van der Waals surface area contributed by atoms with Crippen LogP contribution in [-0.4, -0.2) is 24.8 Å². The third-order valence-electron chi connectivity index (χ3n) is 2.15. The molecule has 0 amide bonds. The van der Waals surface area contributed by atoms with Gasteiger partial charge >= 0.3 is 88.7 Å². The zero-order valence-corrected chi connectivity index (χ0v) is 9.95. The normalized spacial score (nSPS) is 15.8. The zero-order valence-electron chi connectivity index (χ0n) is 7.62. The Balaban J connectivity index is 2.00. The molecular weight excluding hydrogens is 276 g/mol. The van der Waals surface area contributed by atoms with Gasteiger partial charge in [-0.3, -0.25) is 0 Å². The number of hydrogen-bond acceptors (Lipinski definition) is 1. The molecule has 68 valence electrons. The van der Waals surface area contributed by atoms with Crippen LogP contribution in [0.2, 0.25) is 0 Å². The summed E-state index contributed by atoms with van der Waals surface area (Å²) in [5.74, 6) is 0.448. The Bertz CT molecular complexity index is 311. The first-order valence-electron chi connectivity index (χ1n) is 4.54. The van der Waals surface area contributed by atoms with Crippen LogP contribution >= 0.6 is 0 Å². The first-order valence-corrected chi connectivity index (χ1v) is 6.87. The number of carbonyl (C=O) groups is 1. The molecular formula is C11H12OTe. The van der Waals surface area contributed by atoms with Crippen LogP contribution in [0.3, 0.4) is 0 Å². The third-order valence-corrected chi connectivity index (χ3v) is 5.13. The van der Waals surface area contributed by atoms with Crippen molar-refractivity contribution in [3.05, 3.63) is 29.8 Å². The Hall–Kier alpha value is -0.320. The second kappa shape index (κ2) is 3.82. The van der Waals surface area contributed by atoms with Gasteiger partial charge in [0.05, 0.1) is 0 Å². The van der Waals surface area contributed by atoms with Crippen LogP contribution in [0.5, 0.6) is 0 Å². The minimum atomic E-state index is -0.546. The fourth-order valence-electron chi connectivity index (χ4n) is 1.12. The van der Waals surface area contributed by atoms with E-state index in [-0.39, 0.29) is 0 Å². The summed E-state index contributed by atoms with van der Waals surface area (Å²) in [7, 11) is 0. The monoisotopic (exact) mass is 290 g/mol. The van der Waals surface area contributed by atoms with Crippen molar-refractivity contribution in [2.24, 2.45) is 5.92 Å². The molecule has 0 atom stereocenters. The van der Waals surface area contributed by atoms with E-state index in [1.807, 2.05) is 0 Å². The molecule has 1 fully saturated rings. The summed E-state index contributed by atoms with van der Waals surface area (Å²) < 4.78 is 1.84. The van der Waals surface area contributed by atoms with Gasteiger partial charge in [0.15, 0.2) is 0 Å². The SMILES string of the molecule is Cc1ccc([Te]C(=O)C2CC2)cc1. The topological polar surface area (TPSA) is 17.1 Å². The van der Waals surface area contributed by atoms with Gasteiger partial charge < -0.3 is 0 Å². The van der Waals surface area contributed by atoms with Crippen molar-refractivity contribution in [2.75, 3.05) is 0 Å². The van der Waals surface area contributed by atoms with E-state index in [1.165, 1.54) is 9.17 Å². The quantitative estimate of drug-likeness (QED) is 0.765. The Labute approximate surface area is 88.6 Å². The molecule has 0 unspecified atom stereocenters. The Morgan fingerprint density at radius 3 is 2.46 bits per heavy atom. The van der Waals surface area contributed by atoms with Gasteiger partial charge in [0, 0.05) is 0 Å². The van der Waals surface area contributed by atoms with E-state index in [1.54, 1.807) is 0 Å². The standard InChI is InChI=1S/C11H12OTe/c1-8-2-6-10(7-3-8)13-11(12)9-4-5-9/h2-3,6-7,9H,4-5H2,1H3. The summed E-state index contributed by atoms with van der Waals surface area (Å²) in [4.78, 5) is 11.5. The van der Waals surface area contributed by atoms with E-state index in [0.717, 1.165) is 12.8 Å². The van der Waals surface area contributed by atoms with E-state index >= 15 is 0 Å². The molecule has 1 aromatic carbocycles. The number of benzene rings is 1. The number of carbonyl (C=O) groups excluding carboxylic acids is 1. The van der Waals surface area contributed by atoms with Crippen LogP contribution in [0.1, 0.15) is 18.4 Å². The molecule has 0 heterocycles. The fourth-order valence-corrected chi connectivity index (χ4v) is 3.71. The van der Waals surface area contributed by atoms with Crippen LogP contribution in [0.4, 0.5) is 0 Å². The van der Waals surface area contributed by atoms with Crippen LogP contribution in [0.15, 0.2) is 24.3 Å². The van der Waals surface area contributed by atoms with Gasteiger partial charge in [-0.1, -0.05) is 0 Å². The van der Waals surface area contributed by atoms with Crippen molar-refractivity contribution < 1.29 is 4.79 Å². The molecule has 0 radical (unpaired) electrons. The van der Waals surface area contributed by atoms with Crippen LogP contribution in [0, 0.1) is 12.8 Å². The van der Waals surface area contributed by atoms with Gasteiger partial charge in [0.25, 0.3) is 0 Å². The Kier molecular flexibility index (Phi) is 2.71. The number of hydrogen-bond donors (Lipinski definition) is 0. The van der Waals surface area contributed by atoms with Crippen molar-refractivity contribution in [2.45, 2.75) is 19.8 Å². The van der Waals surface area contributed by atoms with Gasteiger partial charge in [0.2, 0.25) is 0 Å². The van der Waals surface area contributed by atoms with Crippen molar-refractivity contribution in [3.8, 4) is 0 Å². The maximum atomic E-state index is 11.5. The van der Waals surface area contributed by atoms with E-state index < -0.39 is 20.9 Å². The van der Waals surface area contributed by atoms with Crippen LogP contribution in [-0.2, 0) is 4.79 Å².